The van der Waals surface area contributed by atoms with Gasteiger partial charge in [0, 0.05) is 24.9 Å². The van der Waals surface area contributed by atoms with Crippen LogP contribution in [0.4, 0.5) is 0 Å². The van der Waals surface area contributed by atoms with Gasteiger partial charge in [-0.05, 0) is 25.3 Å². The van der Waals surface area contributed by atoms with E-state index in [1.807, 2.05) is 12.1 Å². The van der Waals surface area contributed by atoms with Crippen molar-refractivity contribution in [2.45, 2.75) is 13.5 Å². The van der Waals surface area contributed by atoms with Crippen LogP contribution in [-0.2, 0) is 6.54 Å². The van der Waals surface area contributed by atoms with Crippen LogP contribution in [0.3, 0.4) is 0 Å². The lowest BCUT2D eigenvalue weighted by Crippen LogP contribution is -2.38. The number of oxazole rings is 1. The van der Waals surface area contributed by atoms with Gasteiger partial charge < -0.3 is 15.1 Å². The first-order valence-corrected chi connectivity index (χ1v) is 8.57. The van der Waals surface area contributed by atoms with Crippen LogP contribution in [0.25, 0.3) is 11.5 Å². The van der Waals surface area contributed by atoms with Gasteiger partial charge in [0.25, 0.3) is 0 Å². The molecule has 2 aromatic rings. The van der Waals surface area contributed by atoms with E-state index >= 15 is 0 Å². The summed E-state index contributed by atoms with van der Waals surface area (Å²) in [6.45, 7) is 3.52. The molecule has 0 aliphatic heterocycles. The lowest BCUT2D eigenvalue weighted by atomic mass is 10.1. The highest BCUT2D eigenvalue weighted by molar-refractivity contribution is 14.0. The molecule has 0 bridgehead atoms. The zero-order chi connectivity index (χ0) is 15.8. The Bertz CT molecular complexity index is 613. The van der Waals surface area contributed by atoms with Gasteiger partial charge in [-0.3, -0.25) is 4.99 Å². The minimum absolute atomic E-state index is 0. The van der Waals surface area contributed by atoms with Crippen LogP contribution in [-0.4, -0.2) is 36.5 Å². The molecule has 2 rings (SSSR count). The number of aromatic nitrogens is 1. The molecule has 0 spiro atoms. The van der Waals surface area contributed by atoms with Crippen molar-refractivity contribution in [2.24, 2.45) is 4.99 Å². The number of benzene rings is 1. The van der Waals surface area contributed by atoms with Crippen LogP contribution in [0.2, 0.25) is 0 Å². The zero-order valence-electron chi connectivity index (χ0n) is 13.6. The van der Waals surface area contributed by atoms with Gasteiger partial charge in [0.1, 0.15) is 6.26 Å². The second kappa shape index (κ2) is 10.5. The quantitative estimate of drug-likeness (QED) is 0.309. The predicted octanol–water partition coefficient (Wildman–Crippen LogP) is 3.30. The van der Waals surface area contributed by atoms with Crippen molar-refractivity contribution < 1.29 is 4.42 Å². The number of hydrogen-bond donors (Lipinski definition) is 2. The van der Waals surface area contributed by atoms with Crippen LogP contribution in [0.15, 0.2) is 39.9 Å². The number of nitrogens with zero attached hydrogens (tertiary/aromatic N) is 2. The van der Waals surface area contributed by atoms with Crippen LogP contribution >= 0.6 is 35.7 Å². The Morgan fingerprint density at radius 3 is 2.65 bits per heavy atom. The molecule has 0 atom stereocenters. The Kier molecular flexibility index (Phi) is 9.08. The number of hydrogen-bond acceptors (Lipinski definition) is 4. The van der Waals surface area contributed by atoms with E-state index in [4.69, 9.17) is 4.42 Å². The maximum atomic E-state index is 5.54. The SMILES string of the molecule is CN=C(NCCSC)NCc1coc(-c2ccc(C)cc2)n1.I. The van der Waals surface area contributed by atoms with Crippen LogP contribution in [0.5, 0.6) is 0 Å². The van der Waals surface area contributed by atoms with E-state index in [1.54, 1.807) is 25.1 Å². The Labute approximate surface area is 158 Å². The van der Waals surface area contributed by atoms with E-state index in [-0.39, 0.29) is 24.0 Å². The molecule has 0 amide bonds. The Morgan fingerprint density at radius 1 is 1.26 bits per heavy atom. The number of aryl methyl sites for hydroxylation is 1. The molecule has 7 heteroatoms. The average molecular weight is 446 g/mol. The molecule has 126 valence electrons. The van der Waals surface area contributed by atoms with Crippen molar-refractivity contribution >= 4 is 41.7 Å². The van der Waals surface area contributed by atoms with Gasteiger partial charge >= 0.3 is 0 Å². The molecule has 0 fully saturated rings. The van der Waals surface area contributed by atoms with Crippen molar-refractivity contribution in [3.63, 3.8) is 0 Å². The van der Waals surface area contributed by atoms with Gasteiger partial charge in [-0.25, -0.2) is 4.98 Å². The molecule has 0 saturated carbocycles. The van der Waals surface area contributed by atoms with Crippen molar-refractivity contribution in [1.29, 1.82) is 0 Å². The molecule has 23 heavy (non-hydrogen) atoms. The van der Waals surface area contributed by atoms with Crippen molar-refractivity contribution in [3.8, 4) is 11.5 Å². The molecular formula is C16H23IN4OS. The number of rotatable bonds is 6. The first-order valence-electron chi connectivity index (χ1n) is 7.18. The number of nitrogens with one attached hydrogen (secondary N) is 2. The van der Waals surface area contributed by atoms with Crippen molar-refractivity contribution in [3.05, 3.63) is 41.8 Å². The number of thioether (sulfide) groups is 1. The first-order chi connectivity index (χ1) is 10.7. The van der Waals surface area contributed by atoms with Gasteiger partial charge in [0.05, 0.1) is 12.2 Å². The van der Waals surface area contributed by atoms with Gasteiger partial charge in [-0.2, -0.15) is 11.8 Å². The molecular weight excluding hydrogens is 423 g/mol. The summed E-state index contributed by atoms with van der Waals surface area (Å²) < 4.78 is 5.54. The second-order valence-electron chi connectivity index (χ2n) is 4.86. The molecule has 0 aliphatic carbocycles. The first kappa shape index (κ1) is 19.8. The highest BCUT2D eigenvalue weighted by atomic mass is 127. The van der Waals surface area contributed by atoms with Gasteiger partial charge in [0.2, 0.25) is 5.89 Å². The highest BCUT2D eigenvalue weighted by Gasteiger charge is 2.07. The summed E-state index contributed by atoms with van der Waals surface area (Å²) >= 11 is 1.80. The lowest BCUT2D eigenvalue weighted by Gasteiger charge is -2.09. The fourth-order valence-electron chi connectivity index (χ4n) is 1.88. The molecule has 0 radical (unpaired) electrons. The Balaban J connectivity index is 0.00000264. The highest BCUT2D eigenvalue weighted by Crippen LogP contribution is 2.18. The summed E-state index contributed by atoms with van der Waals surface area (Å²) in [6.07, 6.45) is 3.76. The summed E-state index contributed by atoms with van der Waals surface area (Å²) in [7, 11) is 1.76. The predicted molar refractivity (Wildman–Crippen MR) is 109 cm³/mol. The van der Waals surface area contributed by atoms with Gasteiger partial charge in [-0.1, -0.05) is 17.7 Å². The Morgan fingerprint density at radius 2 is 2.00 bits per heavy atom. The smallest absolute Gasteiger partial charge is 0.226 e. The topological polar surface area (TPSA) is 62.5 Å². The molecule has 5 nitrogen and oxygen atoms in total. The summed E-state index contributed by atoms with van der Waals surface area (Å²) in [4.78, 5) is 8.67. The molecule has 1 heterocycles. The van der Waals surface area contributed by atoms with E-state index < -0.39 is 0 Å². The molecule has 0 saturated heterocycles. The Hall–Kier alpha value is -1.22. The van der Waals surface area contributed by atoms with E-state index in [2.05, 4.69) is 45.9 Å². The standard InChI is InChI=1S/C16H22N4OS.HI/c1-12-4-6-13(7-5-12)15-20-14(11-21-15)10-19-16(17-2)18-8-9-22-3;/h4-7,11H,8-10H2,1-3H3,(H2,17,18,19);1H. The normalized spacial score (nSPS) is 11.0. The van der Waals surface area contributed by atoms with Crippen LogP contribution in [0.1, 0.15) is 11.3 Å². The fraction of sp³-hybridized carbons (Fsp3) is 0.375. The van der Waals surface area contributed by atoms with Gasteiger partial charge in [-0.15, -0.1) is 24.0 Å². The molecule has 2 N–H and O–H groups in total. The number of aliphatic imine (C=N–C) groups is 1. The number of guanidine groups is 1. The van der Waals surface area contributed by atoms with E-state index in [0.29, 0.717) is 12.4 Å². The molecule has 0 aliphatic rings. The van der Waals surface area contributed by atoms with E-state index in [1.165, 1.54) is 5.56 Å². The summed E-state index contributed by atoms with van der Waals surface area (Å²) in [5, 5.41) is 6.47. The molecule has 1 aromatic carbocycles. The molecule has 0 unspecified atom stereocenters. The minimum Gasteiger partial charge on any atom is -0.444 e. The van der Waals surface area contributed by atoms with E-state index in [9.17, 15) is 0 Å². The van der Waals surface area contributed by atoms with Gasteiger partial charge in [0.15, 0.2) is 5.96 Å². The fourth-order valence-corrected chi connectivity index (χ4v) is 2.19. The second-order valence-corrected chi connectivity index (χ2v) is 5.84. The summed E-state index contributed by atoms with van der Waals surface area (Å²) in [6, 6.07) is 8.13. The maximum Gasteiger partial charge on any atom is 0.226 e. The third-order valence-electron chi connectivity index (χ3n) is 3.11. The minimum atomic E-state index is 0. The number of halogens is 1. The zero-order valence-corrected chi connectivity index (χ0v) is 16.8. The monoisotopic (exact) mass is 446 g/mol. The third kappa shape index (κ3) is 6.42. The third-order valence-corrected chi connectivity index (χ3v) is 3.72. The van der Waals surface area contributed by atoms with Crippen LogP contribution in [0, 0.1) is 6.92 Å². The summed E-state index contributed by atoms with van der Waals surface area (Å²) in [5.41, 5.74) is 3.06. The summed E-state index contributed by atoms with van der Waals surface area (Å²) in [5.74, 6) is 2.46. The van der Waals surface area contributed by atoms with Crippen LogP contribution < -0.4 is 10.6 Å². The maximum absolute atomic E-state index is 5.54. The lowest BCUT2D eigenvalue weighted by molar-refractivity contribution is 0.572. The average Bonchev–Trinajstić information content (AvgIpc) is 3.00. The van der Waals surface area contributed by atoms with Crippen molar-refractivity contribution in [2.75, 3.05) is 25.6 Å². The van der Waals surface area contributed by atoms with Crippen molar-refractivity contribution in [1.82, 2.24) is 15.6 Å². The molecule has 1 aromatic heterocycles. The largest absolute Gasteiger partial charge is 0.444 e. The van der Waals surface area contributed by atoms with E-state index in [0.717, 1.165) is 29.5 Å².